The van der Waals surface area contributed by atoms with E-state index in [0.29, 0.717) is 12.1 Å². The Labute approximate surface area is 111 Å². The van der Waals surface area contributed by atoms with Crippen molar-refractivity contribution in [3.05, 3.63) is 35.4 Å². The average Bonchev–Trinajstić information content (AvgIpc) is 2.46. The van der Waals surface area contributed by atoms with Crippen molar-refractivity contribution in [1.29, 1.82) is 0 Å². The summed E-state index contributed by atoms with van der Waals surface area (Å²) < 4.78 is 4.64. The molecule has 5 nitrogen and oxygen atoms in total. The van der Waals surface area contributed by atoms with Crippen molar-refractivity contribution >= 4 is 12.1 Å². The van der Waals surface area contributed by atoms with E-state index < -0.39 is 6.09 Å². The highest BCUT2D eigenvalue weighted by molar-refractivity contribution is 5.89. The molecule has 1 N–H and O–H groups in total. The number of ether oxygens (including phenoxy) is 1. The Hall–Kier alpha value is -2.04. The molecule has 1 fully saturated rings. The number of esters is 1. The molecule has 102 valence electrons. The van der Waals surface area contributed by atoms with Gasteiger partial charge in [0.2, 0.25) is 0 Å². The van der Waals surface area contributed by atoms with Crippen molar-refractivity contribution in [3.63, 3.8) is 0 Å². The molecule has 0 aliphatic carbocycles. The molecular weight excluding hydrogens is 246 g/mol. The maximum absolute atomic E-state index is 11.3. The third-order valence-electron chi connectivity index (χ3n) is 3.47. The summed E-state index contributed by atoms with van der Waals surface area (Å²) in [5.41, 5.74) is 1.40. The number of hydrogen-bond acceptors (Lipinski definition) is 3. The van der Waals surface area contributed by atoms with E-state index in [1.807, 2.05) is 0 Å². The number of carbonyl (C=O) groups excluding carboxylic acids is 1. The van der Waals surface area contributed by atoms with Gasteiger partial charge in [-0.2, -0.15) is 0 Å². The predicted octanol–water partition coefficient (Wildman–Crippen LogP) is 2.68. The molecular formula is C14H17NO4. The summed E-state index contributed by atoms with van der Waals surface area (Å²) >= 11 is 0. The van der Waals surface area contributed by atoms with Gasteiger partial charge in [-0.15, -0.1) is 0 Å². The van der Waals surface area contributed by atoms with Crippen LogP contribution in [0.2, 0.25) is 0 Å². The monoisotopic (exact) mass is 263 g/mol. The molecule has 0 aromatic heterocycles. The molecule has 5 heteroatoms. The summed E-state index contributed by atoms with van der Waals surface area (Å²) in [6.45, 7) is 0.568. The van der Waals surface area contributed by atoms with E-state index in [-0.39, 0.29) is 12.0 Å². The normalized spacial score (nSPS) is 19.0. The van der Waals surface area contributed by atoms with Crippen LogP contribution in [0.5, 0.6) is 0 Å². The third kappa shape index (κ3) is 2.86. The molecule has 19 heavy (non-hydrogen) atoms. The van der Waals surface area contributed by atoms with E-state index >= 15 is 0 Å². The molecule has 1 unspecified atom stereocenters. The Morgan fingerprint density at radius 2 is 1.95 bits per heavy atom. The van der Waals surface area contributed by atoms with Gasteiger partial charge in [0.05, 0.1) is 18.7 Å². The van der Waals surface area contributed by atoms with Gasteiger partial charge in [-0.3, -0.25) is 0 Å². The van der Waals surface area contributed by atoms with Gasteiger partial charge in [0.25, 0.3) is 0 Å². The SMILES string of the molecule is COC(=O)c1ccc(C2CCCCN2C(=O)O)cc1. The van der Waals surface area contributed by atoms with Gasteiger partial charge in [-0.25, -0.2) is 9.59 Å². The first-order chi connectivity index (χ1) is 9.13. The quantitative estimate of drug-likeness (QED) is 0.833. The van der Waals surface area contributed by atoms with Gasteiger partial charge < -0.3 is 14.7 Å². The summed E-state index contributed by atoms with van der Waals surface area (Å²) in [5.74, 6) is -0.384. The summed E-state index contributed by atoms with van der Waals surface area (Å²) in [5, 5.41) is 9.20. The lowest BCUT2D eigenvalue weighted by molar-refractivity contribution is 0.0600. The van der Waals surface area contributed by atoms with E-state index in [0.717, 1.165) is 24.8 Å². The second kappa shape index (κ2) is 5.73. The lowest BCUT2D eigenvalue weighted by atomic mass is 9.95. The number of carboxylic acid groups (broad SMARTS) is 1. The largest absolute Gasteiger partial charge is 0.465 e. The van der Waals surface area contributed by atoms with E-state index in [4.69, 9.17) is 0 Å². The molecule has 1 aromatic carbocycles. The molecule has 0 spiro atoms. The Balaban J connectivity index is 2.20. The van der Waals surface area contributed by atoms with Crippen LogP contribution < -0.4 is 0 Å². The van der Waals surface area contributed by atoms with Crippen LogP contribution in [0.15, 0.2) is 24.3 Å². The first-order valence-corrected chi connectivity index (χ1v) is 6.31. The molecule has 1 saturated heterocycles. The van der Waals surface area contributed by atoms with Crippen molar-refractivity contribution in [1.82, 2.24) is 4.90 Å². The van der Waals surface area contributed by atoms with Gasteiger partial charge >= 0.3 is 12.1 Å². The lowest BCUT2D eigenvalue weighted by Crippen LogP contribution is -2.37. The van der Waals surface area contributed by atoms with Crippen LogP contribution in [-0.2, 0) is 4.74 Å². The van der Waals surface area contributed by atoms with Crippen LogP contribution in [0.4, 0.5) is 4.79 Å². The first kappa shape index (κ1) is 13.4. The van der Waals surface area contributed by atoms with Crippen molar-refractivity contribution in [2.24, 2.45) is 0 Å². The van der Waals surface area contributed by atoms with Crippen LogP contribution in [0, 0.1) is 0 Å². The predicted molar refractivity (Wildman–Crippen MR) is 69.1 cm³/mol. The standard InChI is InChI=1S/C14H17NO4/c1-19-13(16)11-7-5-10(6-8-11)12-4-2-3-9-15(12)14(17)18/h5-8,12H,2-4,9H2,1H3,(H,17,18). The molecule has 2 rings (SSSR count). The Kier molecular flexibility index (Phi) is 4.04. The van der Waals surface area contributed by atoms with Crippen LogP contribution >= 0.6 is 0 Å². The lowest BCUT2D eigenvalue weighted by Gasteiger charge is -2.33. The maximum Gasteiger partial charge on any atom is 0.407 e. The molecule has 1 atom stereocenters. The van der Waals surface area contributed by atoms with Gasteiger partial charge in [-0.1, -0.05) is 12.1 Å². The number of nitrogens with zero attached hydrogens (tertiary/aromatic N) is 1. The Morgan fingerprint density at radius 1 is 1.26 bits per heavy atom. The molecule has 0 bridgehead atoms. The molecule has 1 amide bonds. The Bertz CT molecular complexity index is 469. The molecule has 1 aromatic rings. The third-order valence-corrected chi connectivity index (χ3v) is 3.47. The number of hydrogen-bond donors (Lipinski definition) is 1. The van der Waals surface area contributed by atoms with Crippen molar-refractivity contribution in [2.45, 2.75) is 25.3 Å². The second-order valence-corrected chi connectivity index (χ2v) is 4.60. The highest BCUT2D eigenvalue weighted by Crippen LogP contribution is 2.30. The first-order valence-electron chi connectivity index (χ1n) is 6.31. The molecule has 0 radical (unpaired) electrons. The second-order valence-electron chi connectivity index (χ2n) is 4.60. The number of likely N-dealkylation sites (tertiary alicyclic amines) is 1. The van der Waals surface area contributed by atoms with Gasteiger partial charge in [0.1, 0.15) is 0 Å². The zero-order valence-corrected chi connectivity index (χ0v) is 10.8. The summed E-state index contributed by atoms with van der Waals surface area (Å²) in [7, 11) is 1.34. The highest BCUT2D eigenvalue weighted by atomic mass is 16.5. The molecule has 1 heterocycles. The minimum atomic E-state index is -0.887. The fourth-order valence-electron chi connectivity index (χ4n) is 2.47. The smallest absolute Gasteiger partial charge is 0.407 e. The maximum atomic E-state index is 11.3. The summed E-state index contributed by atoms with van der Waals surface area (Å²) in [6.07, 6.45) is 1.86. The molecule has 0 saturated carbocycles. The van der Waals surface area contributed by atoms with Crippen molar-refractivity contribution in [3.8, 4) is 0 Å². The number of amides is 1. The number of piperidine rings is 1. The van der Waals surface area contributed by atoms with Gasteiger partial charge in [0.15, 0.2) is 0 Å². The fraction of sp³-hybridized carbons (Fsp3) is 0.429. The van der Waals surface area contributed by atoms with Crippen LogP contribution in [0.25, 0.3) is 0 Å². The zero-order valence-electron chi connectivity index (χ0n) is 10.8. The number of carbonyl (C=O) groups is 2. The minimum Gasteiger partial charge on any atom is -0.465 e. The highest BCUT2D eigenvalue weighted by Gasteiger charge is 2.27. The summed E-state index contributed by atoms with van der Waals surface area (Å²) in [4.78, 5) is 24.0. The van der Waals surface area contributed by atoms with E-state index in [1.54, 1.807) is 24.3 Å². The minimum absolute atomic E-state index is 0.113. The van der Waals surface area contributed by atoms with Crippen molar-refractivity contribution in [2.75, 3.05) is 13.7 Å². The van der Waals surface area contributed by atoms with E-state index in [2.05, 4.69) is 4.74 Å². The van der Waals surface area contributed by atoms with Crippen molar-refractivity contribution < 1.29 is 19.4 Å². The zero-order chi connectivity index (χ0) is 13.8. The molecule has 1 aliphatic rings. The fourth-order valence-corrected chi connectivity index (χ4v) is 2.47. The van der Waals surface area contributed by atoms with Crippen LogP contribution in [-0.4, -0.2) is 35.7 Å². The number of rotatable bonds is 2. The van der Waals surface area contributed by atoms with E-state index in [9.17, 15) is 14.7 Å². The van der Waals surface area contributed by atoms with E-state index in [1.165, 1.54) is 12.0 Å². The topological polar surface area (TPSA) is 66.8 Å². The van der Waals surface area contributed by atoms with Crippen LogP contribution in [0.1, 0.15) is 41.2 Å². The number of methoxy groups -OCH3 is 1. The molecule has 1 aliphatic heterocycles. The average molecular weight is 263 g/mol. The number of benzene rings is 1. The summed E-state index contributed by atoms with van der Waals surface area (Å²) in [6, 6.07) is 6.85. The Morgan fingerprint density at radius 3 is 2.53 bits per heavy atom. The van der Waals surface area contributed by atoms with Gasteiger partial charge in [-0.05, 0) is 37.0 Å². The van der Waals surface area contributed by atoms with Crippen LogP contribution in [0.3, 0.4) is 0 Å². The van der Waals surface area contributed by atoms with Gasteiger partial charge in [0, 0.05) is 6.54 Å².